The molecule has 104 valence electrons. The molecule has 0 radical (unpaired) electrons. The van der Waals surface area contributed by atoms with E-state index in [9.17, 15) is 19.7 Å². The van der Waals surface area contributed by atoms with Crippen molar-refractivity contribution < 1.29 is 14.1 Å². The molecule has 1 aromatic heterocycles. The molecule has 0 fully saturated rings. The van der Waals surface area contributed by atoms with Crippen LogP contribution in [-0.2, 0) is 0 Å². The van der Waals surface area contributed by atoms with E-state index in [4.69, 9.17) is 10.2 Å². The average molecular weight is 277 g/mol. The molecular weight excluding hydrogens is 266 g/mol. The van der Waals surface area contributed by atoms with Gasteiger partial charge in [0.2, 0.25) is 0 Å². The molecule has 3 N–H and O–H groups in total. The fraction of sp³-hybridized carbons (Fsp3) is 0.167. The zero-order chi connectivity index (χ0) is 14.7. The second kappa shape index (κ2) is 5.49. The lowest BCUT2D eigenvalue weighted by atomic mass is 10.1. The van der Waals surface area contributed by atoms with Crippen molar-refractivity contribution in [3.05, 3.63) is 50.4 Å². The zero-order valence-corrected chi connectivity index (χ0v) is 10.3. The number of nitro benzene ring substituents is 1. The number of carbonyl (C=O) groups is 1. The van der Waals surface area contributed by atoms with E-state index in [1.807, 2.05) is 0 Å². The zero-order valence-electron chi connectivity index (χ0n) is 10.3. The number of rotatable bonds is 4. The summed E-state index contributed by atoms with van der Waals surface area (Å²) in [7, 11) is 0. The van der Waals surface area contributed by atoms with Gasteiger partial charge in [0, 0.05) is 30.6 Å². The molecule has 0 aliphatic rings. The maximum absolute atomic E-state index is 11.7. The van der Waals surface area contributed by atoms with E-state index >= 15 is 0 Å². The first-order valence-corrected chi connectivity index (χ1v) is 5.73. The van der Waals surface area contributed by atoms with Gasteiger partial charge in [-0.25, -0.2) is 4.79 Å². The van der Waals surface area contributed by atoms with Crippen molar-refractivity contribution in [3.8, 4) is 0 Å². The molecule has 0 atom stereocenters. The van der Waals surface area contributed by atoms with Crippen molar-refractivity contribution >= 4 is 22.6 Å². The first-order chi connectivity index (χ1) is 9.52. The summed E-state index contributed by atoms with van der Waals surface area (Å²) in [5.74, 6) is -0.627. The fourth-order valence-corrected chi connectivity index (χ4v) is 1.66. The highest BCUT2D eigenvalue weighted by atomic mass is 16.6. The summed E-state index contributed by atoms with van der Waals surface area (Å²) in [6.45, 7) is 0.446. The van der Waals surface area contributed by atoms with Gasteiger partial charge in [-0.05, 0) is 12.1 Å². The first kappa shape index (κ1) is 13.7. The van der Waals surface area contributed by atoms with E-state index in [1.165, 1.54) is 24.3 Å². The molecule has 0 spiro atoms. The summed E-state index contributed by atoms with van der Waals surface area (Å²) in [6.07, 6.45) is 0. The quantitative estimate of drug-likeness (QED) is 0.472. The van der Waals surface area contributed by atoms with Crippen LogP contribution in [0, 0.1) is 10.1 Å². The third-order valence-electron chi connectivity index (χ3n) is 2.60. The summed E-state index contributed by atoms with van der Waals surface area (Å²) in [5, 5.41) is 13.4. The molecule has 2 aromatic rings. The van der Waals surface area contributed by atoms with Gasteiger partial charge < -0.3 is 15.5 Å². The summed E-state index contributed by atoms with van der Waals surface area (Å²) >= 11 is 0. The third kappa shape index (κ3) is 2.64. The van der Waals surface area contributed by atoms with Crippen molar-refractivity contribution in [1.29, 1.82) is 0 Å². The Kier molecular flexibility index (Phi) is 3.76. The molecule has 8 nitrogen and oxygen atoms in total. The second-order valence-corrected chi connectivity index (χ2v) is 3.97. The smallest absolute Gasteiger partial charge is 0.349 e. The SMILES string of the molecule is NCCNC(=O)c1cc2cc([N+](=O)[O-])ccc2oc1=O. The summed E-state index contributed by atoms with van der Waals surface area (Å²) in [5.41, 5.74) is 4.25. The van der Waals surface area contributed by atoms with E-state index in [-0.39, 0.29) is 29.9 Å². The Morgan fingerprint density at radius 3 is 2.80 bits per heavy atom. The number of amides is 1. The highest BCUT2D eigenvalue weighted by Gasteiger charge is 2.15. The Balaban J connectivity index is 2.51. The van der Waals surface area contributed by atoms with E-state index in [2.05, 4.69) is 5.32 Å². The van der Waals surface area contributed by atoms with Crippen molar-refractivity contribution in [1.82, 2.24) is 5.32 Å². The van der Waals surface area contributed by atoms with Gasteiger partial charge in [-0.2, -0.15) is 0 Å². The third-order valence-corrected chi connectivity index (χ3v) is 2.60. The Labute approximate surface area is 112 Å². The van der Waals surface area contributed by atoms with Crippen LogP contribution in [0.15, 0.2) is 33.5 Å². The number of nitrogens with two attached hydrogens (primary N) is 1. The van der Waals surface area contributed by atoms with Gasteiger partial charge in [-0.3, -0.25) is 14.9 Å². The van der Waals surface area contributed by atoms with Crippen LogP contribution < -0.4 is 16.7 Å². The molecule has 0 saturated carbocycles. The van der Waals surface area contributed by atoms with Gasteiger partial charge in [-0.1, -0.05) is 0 Å². The average Bonchev–Trinajstić information content (AvgIpc) is 2.43. The van der Waals surface area contributed by atoms with Gasteiger partial charge in [0.15, 0.2) is 0 Å². The molecule has 8 heteroatoms. The molecule has 0 bridgehead atoms. The minimum Gasteiger partial charge on any atom is -0.422 e. The predicted octanol–water partition coefficient (Wildman–Crippen LogP) is 0.390. The van der Waals surface area contributed by atoms with Crippen LogP contribution in [0.4, 0.5) is 5.69 Å². The van der Waals surface area contributed by atoms with Crippen LogP contribution in [0.1, 0.15) is 10.4 Å². The monoisotopic (exact) mass is 277 g/mol. The number of hydrogen-bond donors (Lipinski definition) is 2. The number of nitrogens with zero attached hydrogens (tertiary/aromatic N) is 1. The van der Waals surface area contributed by atoms with Gasteiger partial charge in [-0.15, -0.1) is 0 Å². The number of hydrogen-bond acceptors (Lipinski definition) is 6. The summed E-state index contributed by atoms with van der Waals surface area (Å²) < 4.78 is 4.96. The Hall–Kier alpha value is -2.74. The Morgan fingerprint density at radius 2 is 2.15 bits per heavy atom. The van der Waals surface area contributed by atoms with Crippen LogP contribution in [0.25, 0.3) is 11.0 Å². The molecule has 1 aromatic carbocycles. The Morgan fingerprint density at radius 1 is 1.40 bits per heavy atom. The normalized spacial score (nSPS) is 10.4. The molecular formula is C12H11N3O5. The summed E-state index contributed by atoms with van der Waals surface area (Å²) in [4.78, 5) is 33.5. The Bertz CT molecular complexity index is 737. The molecule has 1 heterocycles. The van der Waals surface area contributed by atoms with Crippen molar-refractivity contribution in [2.24, 2.45) is 5.73 Å². The number of nitrogens with one attached hydrogen (secondary N) is 1. The highest BCUT2D eigenvalue weighted by Crippen LogP contribution is 2.20. The van der Waals surface area contributed by atoms with Crippen LogP contribution in [0.5, 0.6) is 0 Å². The first-order valence-electron chi connectivity index (χ1n) is 5.73. The minimum atomic E-state index is -0.805. The van der Waals surface area contributed by atoms with E-state index in [1.54, 1.807) is 0 Å². The van der Waals surface area contributed by atoms with E-state index < -0.39 is 16.5 Å². The van der Waals surface area contributed by atoms with Gasteiger partial charge >= 0.3 is 5.63 Å². The summed E-state index contributed by atoms with van der Waals surface area (Å²) in [6, 6.07) is 5.04. The van der Waals surface area contributed by atoms with Crippen LogP contribution >= 0.6 is 0 Å². The lowest BCUT2D eigenvalue weighted by Crippen LogP contribution is -2.32. The molecule has 0 unspecified atom stereocenters. The predicted molar refractivity (Wildman–Crippen MR) is 70.5 cm³/mol. The van der Waals surface area contributed by atoms with Crippen molar-refractivity contribution in [3.63, 3.8) is 0 Å². The largest absolute Gasteiger partial charge is 0.422 e. The number of non-ortho nitro benzene ring substituents is 1. The van der Waals surface area contributed by atoms with E-state index in [0.717, 1.165) is 0 Å². The molecule has 2 rings (SSSR count). The maximum Gasteiger partial charge on any atom is 0.349 e. The standard InChI is InChI=1S/C12H11N3O5/c13-3-4-14-11(16)9-6-7-5-8(15(18)19)1-2-10(7)20-12(9)17/h1-2,5-6H,3-4,13H2,(H,14,16). The second-order valence-electron chi connectivity index (χ2n) is 3.97. The van der Waals surface area contributed by atoms with Crippen LogP contribution in [-0.4, -0.2) is 23.9 Å². The van der Waals surface area contributed by atoms with Gasteiger partial charge in [0.25, 0.3) is 11.6 Å². The number of carbonyl (C=O) groups excluding carboxylic acids is 1. The van der Waals surface area contributed by atoms with Crippen molar-refractivity contribution in [2.75, 3.05) is 13.1 Å². The molecule has 0 saturated heterocycles. The molecule has 20 heavy (non-hydrogen) atoms. The number of benzene rings is 1. The number of fused-ring (bicyclic) bond motifs is 1. The lowest BCUT2D eigenvalue weighted by molar-refractivity contribution is -0.384. The molecule has 0 aliphatic heterocycles. The van der Waals surface area contributed by atoms with Gasteiger partial charge in [0.1, 0.15) is 11.1 Å². The maximum atomic E-state index is 11.7. The van der Waals surface area contributed by atoms with Crippen LogP contribution in [0.2, 0.25) is 0 Å². The number of nitro groups is 1. The van der Waals surface area contributed by atoms with Crippen LogP contribution in [0.3, 0.4) is 0 Å². The molecule has 0 aliphatic carbocycles. The molecule has 1 amide bonds. The van der Waals surface area contributed by atoms with Crippen molar-refractivity contribution in [2.45, 2.75) is 0 Å². The topological polar surface area (TPSA) is 128 Å². The minimum absolute atomic E-state index is 0.153. The fourth-order valence-electron chi connectivity index (χ4n) is 1.66. The van der Waals surface area contributed by atoms with Gasteiger partial charge in [0.05, 0.1) is 4.92 Å². The van der Waals surface area contributed by atoms with E-state index in [0.29, 0.717) is 5.39 Å². The lowest BCUT2D eigenvalue weighted by Gasteiger charge is -2.03. The highest BCUT2D eigenvalue weighted by molar-refractivity contribution is 5.96.